The Bertz CT molecular complexity index is 395. The number of hydrogen-bond acceptors (Lipinski definition) is 3. The number of hydrogen-bond donors (Lipinski definition) is 4. The van der Waals surface area contributed by atoms with E-state index in [1.165, 1.54) is 12.1 Å². The fourth-order valence-corrected chi connectivity index (χ4v) is 1.18. The summed E-state index contributed by atoms with van der Waals surface area (Å²) in [6.07, 6.45) is 0. The van der Waals surface area contributed by atoms with Crippen LogP contribution in [0.5, 0.6) is 11.5 Å². The van der Waals surface area contributed by atoms with E-state index in [0.717, 1.165) is 5.39 Å². The summed E-state index contributed by atoms with van der Waals surface area (Å²) in [5.41, 5.74) is 6.18. The average molecular weight is 164 g/mol. The van der Waals surface area contributed by atoms with Crippen molar-refractivity contribution in [1.29, 1.82) is 0 Å². The first kappa shape index (κ1) is 6.84. The molecule has 0 atom stereocenters. The van der Waals surface area contributed by atoms with Gasteiger partial charge in [0.2, 0.25) is 0 Å². The highest BCUT2D eigenvalue weighted by atomic mass is 16.3. The van der Waals surface area contributed by atoms with Gasteiger partial charge in [-0.25, -0.2) is 0 Å². The number of nitrogen functional groups attached to an aromatic ring is 1. The maximum absolute atomic E-state index is 9.12. The molecule has 5 N–H and O–H groups in total. The number of nitrogens with one attached hydrogen (secondary N) is 1. The molecule has 1 aromatic carbocycles. The lowest BCUT2D eigenvalue weighted by atomic mass is 10.2. The minimum atomic E-state index is -0.149. The van der Waals surface area contributed by atoms with Crippen LogP contribution >= 0.6 is 0 Å². The van der Waals surface area contributed by atoms with Gasteiger partial charge in [0.1, 0.15) is 5.82 Å². The Balaban J connectivity index is 2.83. The van der Waals surface area contributed by atoms with E-state index in [0.29, 0.717) is 11.3 Å². The summed E-state index contributed by atoms with van der Waals surface area (Å²) < 4.78 is 0. The topological polar surface area (TPSA) is 82.3 Å². The third-order valence-electron chi connectivity index (χ3n) is 1.74. The summed E-state index contributed by atoms with van der Waals surface area (Å²) in [6.45, 7) is 0. The summed E-state index contributed by atoms with van der Waals surface area (Å²) in [5.74, 6) is 0.223. The van der Waals surface area contributed by atoms with Crippen LogP contribution in [0.4, 0.5) is 5.82 Å². The van der Waals surface area contributed by atoms with E-state index < -0.39 is 0 Å². The highest BCUT2D eigenvalue weighted by Crippen LogP contribution is 2.30. The van der Waals surface area contributed by atoms with Crippen molar-refractivity contribution in [2.75, 3.05) is 5.73 Å². The number of phenolic OH excluding ortho intramolecular Hbond substituents is 2. The zero-order chi connectivity index (χ0) is 8.72. The lowest BCUT2D eigenvalue weighted by Crippen LogP contribution is -1.80. The van der Waals surface area contributed by atoms with Crippen LogP contribution in [0.15, 0.2) is 18.2 Å². The van der Waals surface area contributed by atoms with Gasteiger partial charge in [-0.15, -0.1) is 0 Å². The molecular formula is C8H8N2O2. The number of aromatic nitrogens is 1. The molecule has 0 aliphatic heterocycles. The molecular weight excluding hydrogens is 156 g/mol. The predicted octanol–water partition coefficient (Wildman–Crippen LogP) is 1.16. The molecule has 0 radical (unpaired) electrons. The molecule has 1 aromatic heterocycles. The Morgan fingerprint density at radius 2 is 1.75 bits per heavy atom. The molecule has 0 aliphatic rings. The molecule has 0 amide bonds. The van der Waals surface area contributed by atoms with Crippen molar-refractivity contribution in [3.8, 4) is 11.5 Å². The maximum Gasteiger partial charge on any atom is 0.159 e. The van der Waals surface area contributed by atoms with Gasteiger partial charge < -0.3 is 20.9 Å². The predicted molar refractivity (Wildman–Crippen MR) is 46.0 cm³/mol. The monoisotopic (exact) mass is 164 g/mol. The van der Waals surface area contributed by atoms with Gasteiger partial charge in [-0.1, -0.05) is 0 Å². The summed E-state index contributed by atoms with van der Waals surface area (Å²) >= 11 is 0. The van der Waals surface area contributed by atoms with Crippen molar-refractivity contribution in [3.05, 3.63) is 18.2 Å². The zero-order valence-electron chi connectivity index (χ0n) is 6.20. The van der Waals surface area contributed by atoms with Gasteiger partial charge in [-0.2, -0.15) is 0 Å². The number of phenols is 2. The first-order chi connectivity index (χ1) is 5.66. The number of aromatic amines is 1. The minimum Gasteiger partial charge on any atom is -0.504 e. The van der Waals surface area contributed by atoms with E-state index >= 15 is 0 Å². The van der Waals surface area contributed by atoms with E-state index in [1.807, 2.05) is 0 Å². The van der Waals surface area contributed by atoms with Crippen molar-refractivity contribution in [3.63, 3.8) is 0 Å². The lowest BCUT2D eigenvalue weighted by Gasteiger charge is -1.95. The molecule has 0 fully saturated rings. The Morgan fingerprint density at radius 1 is 1.08 bits per heavy atom. The van der Waals surface area contributed by atoms with Gasteiger partial charge >= 0.3 is 0 Å². The second-order valence-electron chi connectivity index (χ2n) is 2.65. The molecule has 62 valence electrons. The molecule has 4 nitrogen and oxygen atoms in total. The van der Waals surface area contributed by atoms with Crippen LogP contribution in [-0.4, -0.2) is 15.2 Å². The van der Waals surface area contributed by atoms with E-state index in [1.54, 1.807) is 6.07 Å². The molecule has 12 heavy (non-hydrogen) atoms. The molecule has 1 heterocycles. The summed E-state index contributed by atoms with van der Waals surface area (Å²) in [6, 6.07) is 4.58. The molecule has 0 spiro atoms. The summed E-state index contributed by atoms with van der Waals surface area (Å²) in [4.78, 5) is 2.83. The highest BCUT2D eigenvalue weighted by molar-refractivity contribution is 5.86. The second-order valence-corrected chi connectivity index (χ2v) is 2.65. The first-order valence-corrected chi connectivity index (χ1v) is 3.47. The molecule has 0 saturated heterocycles. The molecule has 0 aliphatic carbocycles. The van der Waals surface area contributed by atoms with E-state index in [-0.39, 0.29) is 11.5 Å². The van der Waals surface area contributed by atoms with Crippen LogP contribution in [0.2, 0.25) is 0 Å². The standard InChI is InChI=1S/C8H8N2O2/c9-8-2-4-1-6(11)7(12)3-5(4)10-8/h1-3,10-12H,9H2. The van der Waals surface area contributed by atoms with Gasteiger partial charge in [-0.3, -0.25) is 0 Å². The number of rotatable bonds is 0. The molecule has 4 heteroatoms. The van der Waals surface area contributed by atoms with Crippen LogP contribution < -0.4 is 5.73 Å². The second kappa shape index (κ2) is 2.07. The first-order valence-electron chi connectivity index (χ1n) is 3.47. The summed E-state index contributed by atoms with van der Waals surface area (Å²) in [7, 11) is 0. The van der Waals surface area contributed by atoms with Crippen LogP contribution in [0.3, 0.4) is 0 Å². The molecule has 2 aromatic rings. The van der Waals surface area contributed by atoms with Crippen LogP contribution in [0.25, 0.3) is 10.9 Å². The van der Waals surface area contributed by atoms with E-state index in [9.17, 15) is 0 Å². The van der Waals surface area contributed by atoms with Crippen molar-refractivity contribution >= 4 is 16.7 Å². The maximum atomic E-state index is 9.12. The SMILES string of the molecule is Nc1cc2cc(O)c(O)cc2[nH]1. The zero-order valence-corrected chi connectivity index (χ0v) is 6.20. The molecule has 0 saturated carbocycles. The number of aromatic hydroxyl groups is 2. The minimum absolute atomic E-state index is 0.137. The fraction of sp³-hybridized carbons (Fsp3) is 0. The number of H-pyrrole nitrogens is 1. The van der Waals surface area contributed by atoms with Crippen molar-refractivity contribution in [1.82, 2.24) is 4.98 Å². The average Bonchev–Trinajstić information content (AvgIpc) is 2.30. The third-order valence-corrected chi connectivity index (χ3v) is 1.74. The van der Waals surface area contributed by atoms with Gasteiger partial charge in [0.25, 0.3) is 0 Å². The lowest BCUT2D eigenvalue weighted by molar-refractivity contribution is 0.405. The molecule has 0 bridgehead atoms. The largest absolute Gasteiger partial charge is 0.504 e. The van der Waals surface area contributed by atoms with Gasteiger partial charge in [0, 0.05) is 11.5 Å². The van der Waals surface area contributed by atoms with Crippen molar-refractivity contribution in [2.24, 2.45) is 0 Å². The Morgan fingerprint density at radius 3 is 2.50 bits per heavy atom. The van der Waals surface area contributed by atoms with Crippen molar-refractivity contribution in [2.45, 2.75) is 0 Å². The quantitative estimate of drug-likeness (QED) is 0.441. The highest BCUT2D eigenvalue weighted by Gasteiger charge is 2.03. The molecule has 0 unspecified atom stereocenters. The van der Waals surface area contributed by atoms with E-state index in [4.69, 9.17) is 15.9 Å². The van der Waals surface area contributed by atoms with Gasteiger partial charge in [0.15, 0.2) is 11.5 Å². The van der Waals surface area contributed by atoms with Crippen LogP contribution in [0, 0.1) is 0 Å². The van der Waals surface area contributed by atoms with Crippen LogP contribution in [0.1, 0.15) is 0 Å². The Kier molecular flexibility index (Phi) is 1.18. The van der Waals surface area contributed by atoms with E-state index in [2.05, 4.69) is 4.98 Å². The molecule has 2 rings (SSSR count). The van der Waals surface area contributed by atoms with Gasteiger partial charge in [-0.05, 0) is 12.1 Å². The number of nitrogens with two attached hydrogens (primary N) is 1. The van der Waals surface area contributed by atoms with Gasteiger partial charge in [0.05, 0.1) is 5.52 Å². The fourth-order valence-electron chi connectivity index (χ4n) is 1.18. The normalized spacial score (nSPS) is 10.7. The Hall–Kier alpha value is -1.84. The Labute approximate surface area is 68.3 Å². The summed E-state index contributed by atoms with van der Waals surface area (Å²) in [5, 5.41) is 19.0. The van der Waals surface area contributed by atoms with Crippen molar-refractivity contribution < 1.29 is 10.2 Å². The number of benzene rings is 1. The van der Waals surface area contributed by atoms with Crippen LogP contribution in [-0.2, 0) is 0 Å². The third kappa shape index (κ3) is 0.852. The smallest absolute Gasteiger partial charge is 0.159 e. The number of anilines is 1. The number of fused-ring (bicyclic) bond motifs is 1.